The molecule has 2 atom stereocenters. The second-order valence-electron chi connectivity index (χ2n) is 8.29. The molecule has 2 heterocycles. The smallest absolute Gasteiger partial charge is 0.224 e. The van der Waals surface area contributed by atoms with E-state index in [1.807, 2.05) is 12.1 Å². The first-order chi connectivity index (χ1) is 13.7. The fraction of sp³-hybridized carbons (Fsp3) is 0.458. The summed E-state index contributed by atoms with van der Waals surface area (Å²) in [7, 11) is 0. The van der Waals surface area contributed by atoms with Gasteiger partial charge >= 0.3 is 0 Å². The van der Waals surface area contributed by atoms with Gasteiger partial charge < -0.3 is 15.3 Å². The number of β-amino-alcohol motifs (C(OH)–C–C–N with tert-alkyl or cyclic N) is 1. The Hall–Kier alpha value is -2.17. The molecule has 0 spiro atoms. The Kier molecular flexibility index (Phi) is 6.08. The summed E-state index contributed by atoms with van der Waals surface area (Å²) < 4.78 is 0. The van der Waals surface area contributed by atoms with Crippen molar-refractivity contribution in [2.45, 2.75) is 44.6 Å². The first-order valence-electron chi connectivity index (χ1n) is 10.5. The minimum atomic E-state index is -0.486. The van der Waals surface area contributed by atoms with Crippen molar-refractivity contribution in [1.82, 2.24) is 4.90 Å². The Morgan fingerprint density at radius 1 is 1.11 bits per heavy atom. The number of nitrogens with zero attached hydrogens (tertiary/aromatic N) is 1. The number of rotatable bonds is 5. The predicted molar refractivity (Wildman–Crippen MR) is 112 cm³/mol. The van der Waals surface area contributed by atoms with Gasteiger partial charge in [-0.15, -0.1) is 0 Å². The number of piperidine rings is 1. The van der Waals surface area contributed by atoms with Gasteiger partial charge in [0, 0.05) is 25.2 Å². The highest BCUT2D eigenvalue weighted by molar-refractivity contribution is 5.92. The predicted octanol–water partition coefficient (Wildman–Crippen LogP) is 3.95. The highest BCUT2D eigenvalue weighted by atomic mass is 16.3. The van der Waals surface area contributed by atoms with Gasteiger partial charge in [0.1, 0.15) is 0 Å². The van der Waals surface area contributed by atoms with E-state index in [4.69, 9.17) is 0 Å². The number of carbonyl (C=O) groups excluding carboxylic acids is 1. The second kappa shape index (κ2) is 8.89. The van der Waals surface area contributed by atoms with Gasteiger partial charge in [-0.3, -0.25) is 4.79 Å². The molecule has 0 aromatic heterocycles. The van der Waals surface area contributed by atoms with Gasteiger partial charge in [0.2, 0.25) is 5.91 Å². The van der Waals surface area contributed by atoms with Crippen LogP contribution in [0.3, 0.4) is 0 Å². The molecule has 2 N–H and O–H groups in total. The third kappa shape index (κ3) is 4.81. The summed E-state index contributed by atoms with van der Waals surface area (Å²) >= 11 is 0. The maximum Gasteiger partial charge on any atom is 0.224 e. The van der Waals surface area contributed by atoms with Gasteiger partial charge in [0.25, 0.3) is 0 Å². The van der Waals surface area contributed by atoms with Crippen LogP contribution in [-0.2, 0) is 17.6 Å². The van der Waals surface area contributed by atoms with E-state index in [0.29, 0.717) is 18.9 Å². The lowest BCUT2D eigenvalue weighted by Crippen LogP contribution is -2.38. The van der Waals surface area contributed by atoms with Crippen molar-refractivity contribution in [3.63, 3.8) is 0 Å². The van der Waals surface area contributed by atoms with Crippen LogP contribution in [0.4, 0.5) is 5.69 Å². The number of carbonyl (C=O) groups is 1. The van der Waals surface area contributed by atoms with E-state index in [9.17, 15) is 9.90 Å². The van der Waals surface area contributed by atoms with Gasteiger partial charge in [0.15, 0.2) is 0 Å². The number of aryl methyl sites for hydroxylation is 1. The van der Waals surface area contributed by atoms with E-state index in [1.165, 1.54) is 18.4 Å². The number of aliphatic hydroxyl groups is 1. The standard InChI is InChI=1S/C24H30N2O2/c27-23(21-11-12-22-20(15-21)9-4-10-24(28)25-22)17-26-13-5-8-19(16-26)14-18-6-2-1-3-7-18/h1-3,6-7,11-12,15,19,23,27H,4-5,8-10,13-14,16-17H2,(H,25,28)/t19-,23?/m1/s1. The van der Waals surface area contributed by atoms with Crippen LogP contribution in [0.2, 0.25) is 0 Å². The lowest BCUT2D eigenvalue weighted by molar-refractivity contribution is -0.116. The van der Waals surface area contributed by atoms with Crippen molar-refractivity contribution in [2.24, 2.45) is 5.92 Å². The van der Waals surface area contributed by atoms with Gasteiger partial charge in [0.05, 0.1) is 6.10 Å². The third-order valence-corrected chi connectivity index (χ3v) is 6.04. The summed E-state index contributed by atoms with van der Waals surface area (Å²) in [6, 6.07) is 16.7. The molecule has 2 aromatic carbocycles. The summed E-state index contributed by atoms with van der Waals surface area (Å²) in [5, 5.41) is 13.8. The molecule has 2 aliphatic heterocycles. The van der Waals surface area contributed by atoms with Crippen molar-refractivity contribution < 1.29 is 9.90 Å². The van der Waals surface area contributed by atoms with Crippen molar-refractivity contribution >= 4 is 11.6 Å². The zero-order valence-corrected chi connectivity index (χ0v) is 16.4. The molecule has 0 radical (unpaired) electrons. The monoisotopic (exact) mass is 378 g/mol. The van der Waals surface area contributed by atoms with E-state index >= 15 is 0 Å². The number of hydrogen-bond donors (Lipinski definition) is 2. The number of benzene rings is 2. The van der Waals surface area contributed by atoms with E-state index in [0.717, 1.165) is 49.2 Å². The number of likely N-dealkylation sites (tertiary alicyclic amines) is 1. The van der Waals surface area contributed by atoms with Crippen LogP contribution >= 0.6 is 0 Å². The van der Waals surface area contributed by atoms with Gasteiger partial charge in [-0.1, -0.05) is 42.5 Å². The molecule has 1 saturated heterocycles. The van der Waals surface area contributed by atoms with Crippen LogP contribution in [0.25, 0.3) is 0 Å². The van der Waals surface area contributed by atoms with Gasteiger partial charge in [-0.2, -0.15) is 0 Å². The summed E-state index contributed by atoms with van der Waals surface area (Å²) in [5.41, 5.74) is 4.41. The maximum absolute atomic E-state index is 11.7. The molecule has 0 aliphatic carbocycles. The van der Waals surface area contributed by atoms with Crippen molar-refractivity contribution in [2.75, 3.05) is 25.0 Å². The third-order valence-electron chi connectivity index (χ3n) is 6.04. The lowest BCUT2D eigenvalue weighted by Gasteiger charge is -2.34. The Balaban J connectivity index is 1.37. The fourth-order valence-corrected chi connectivity index (χ4v) is 4.58. The van der Waals surface area contributed by atoms with E-state index in [-0.39, 0.29) is 5.91 Å². The maximum atomic E-state index is 11.7. The average Bonchev–Trinajstić information content (AvgIpc) is 2.89. The molecule has 28 heavy (non-hydrogen) atoms. The molecule has 0 bridgehead atoms. The van der Waals surface area contributed by atoms with Crippen LogP contribution in [0, 0.1) is 5.92 Å². The number of amides is 1. The van der Waals surface area contributed by atoms with Crippen LogP contribution in [0.1, 0.15) is 48.5 Å². The molecule has 4 heteroatoms. The first kappa shape index (κ1) is 19.2. The Bertz CT molecular complexity index is 806. The van der Waals surface area contributed by atoms with E-state index in [1.54, 1.807) is 0 Å². The summed E-state index contributed by atoms with van der Waals surface area (Å²) in [6.45, 7) is 2.78. The lowest BCUT2D eigenvalue weighted by atomic mass is 9.91. The minimum absolute atomic E-state index is 0.0878. The number of hydrogen-bond acceptors (Lipinski definition) is 3. The van der Waals surface area contributed by atoms with E-state index in [2.05, 4.69) is 46.6 Å². The average molecular weight is 379 g/mol. The Morgan fingerprint density at radius 3 is 2.82 bits per heavy atom. The minimum Gasteiger partial charge on any atom is -0.387 e. The molecule has 2 aromatic rings. The Labute approximate surface area is 167 Å². The topological polar surface area (TPSA) is 52.6 Å². The second-order valence-corrected chi connectivity index (χ2v) is 8.29. The zero-order chi connectivity index (χ0) is 19.3. The van der Waals surface area contributed by atoms with Gasteiger partial charge in [-0.25, -0.2) is 0 Å². The summed E-state index contributed by atoms with van der Waals surface area (Å²) in [5.74, 6) is 0.746. The molecule has 1 fully saturated rings. The van der Waals surface area contributed by atoms with Crippen molar-refractivity contribution in [1.29, 1.82) is 0 Å². The number of nitrogens with one attached hydrogen (secondary N) is 1. The zero-order valence-electron chi connectivity index (χ0n) is 16.4. The quantitative estimate of drug-likeness (QED) is 0.828. The number of aliphatic hydroxyl groups excluding tert-OH is 1. The van der Waals surface area contributed by atoms with Crippen LogP contribution in [0.15, 0.2) is 48.5 Å². The molecule has 1 amide bonds. The molecular formula is C24H30N2O2. The van der Waals surface area contributed by atoms with Crippen LogP contribution in [-0.4, -0.2) is 35.5 Å². The summed E-state index contributed by atoms with van der Waals surface area (Å²) in [4.78, 5) is 14.1. The van der Waals surface area contributed by atoms with Crippen LogP contribution in [0.5, 0.6) is 0 Å². The number of fused-ring (bicyclic) bond motifs is 1. The van der Waals surface area contributed by atoms with Crippen molar-refractivity contribution in [3.05, 3.63) is 65.2 Å². The molecule has 0 saturated carbocycles. The molecule has 4 rings (SSSR count). The molecule has 2 aliphatic rings. The highest BCUT2D eigenvalue weighted by Crippen LogP contribution is 2.28. The largest absolute Gasteiger partial charge is 0.387 e. The number of anilines is 1. The van der Waals surface area contributed by atoms with Crippen molar-refractivity contribution in [3.8, 4) is 0 Å². The first-order valence-corrected chi connectivity index (χ1v) is 10.5. The molecule has 148 valence electrons. The molecule has 1 unspecified atom stereocenters. The Morgan fingerprint density at radius 2 is 1.96 bits per heavy atom. The molecular weight excluding hydrogens is 348 g/mol. The SMILES string of the molecule is O=C1CCCc2cc(C(O)CN3CCC[C@H](Cc4ccccc4)C3)ccc2N1. The molecule has 4 nitrogen and oxygen atoms in total. The van der Waals surface area contributed by atoms with Crippen LogP contribution < -0.4 is 5.32 Å². The van der Waals surface area contributed by atoms with E-state index < -0.39 is 6.10 Å². The summed E-state index contributed by atoms with van der Waals surface area (Å²) in [6.07, 6.45) is 5.42. The normalized spacial score (nSPS) is 21.5. The van der Waals surface area contributed by atoms with Gasteiger partial charge in [-0.05, 0) is 67.3 Å². The highest BCUT2D eigenvalue weighted by Gasteiger charge is 2.23. The fourth-order valence-electron chi connectivity index (χ4n) is 4.58.